The maximum atomic E-state index is 12.0. The van der Waals surface area contributed by atoms with Crippen LogP contribution in [0.1, 0.15) is 25.7 Å². The maximum absolute atomic E-state index is 12.0. The van der Waals surface area contributed by atoms with Crippen molar-refractivity contribution in [2.45, 2.75) is 31.7 Å². The molecule has 0 aromatic carbocycles. The molecule has 2 rings (SSSR count). The third-order valence-electron chi connectivity index (χ3n) is 3.42. The maximum Gasteiger partial charge on any atom is 0.319 e. The van der Waals surface area contributed by atoms with Crippen LogP contribution in [-0.4, -0.2) is 53.1 Å². The quantitative estimate of drug-likeness (QED) is 0.780. The van der Waals surface area contributed by atoms with Crippen LogP contribution in [0, 0.1) is 5.92 Å². The Bertz CT molecular complexity index is 302. The van der Waals surface area contributed by atoms with Crippen molar-refractivity contribution in [2.75, 3.05) is 20.1 Å². The minimum atomic E-state index is -0.769. The monoisotopic (exact) mass is 226 g/mol. The summed E-state index contributed by atoms with van der Waals surface area (Å²) in [6.45, 7) is 1.30. The van der Waals surface area contributed by atoms with E-state index in [9.17, 15) is 9.59 Å². The Kier molecular flexibility index (Phi) is 3.03. The highest BCUT2D eigenvalue weighted by Gasteiger charge is 2.35. The van der Waals surface area contributed by atoms with Gasteiger partial charge < -0.3 is 14.9 Å². The van der Waals surface area contributed by atoms with Gasteiger partial charge in [0, 0.05) is 32.6 Å². The fraction of sp³-hybridized carbons (Fsp3) is 0.818. The van der Waals surface area contributed by atoms with Gasteiger partial charge in [-0.05, 0) is 25.2 Å². The van der Waals surface area contributed by atoms with E-state index in [-0.39, 0.29) is 18.4 Å². The molecule has 0 spiro atoms. The second-order valence-electron chi connectivity index (χ2n) is 4.82. The molecule has 90 valence electrons. The predicted octanol–water partition coefficient (Wildman–Crippen LogP) is 0.997. The highest BCUT2D eigenvalue weighted by Crippen LogP contribution is 2.28. The van der Waals surface area contributed by atoms with E-state index >= 15 is 0 Å². The molecule has 0 radical (unpaired) electrons. The van der Waals surface area contributed by atoms with Gasteiger partial charge in [0.05, 0.1) is 0 Å². The number of amides is 2. The molecule has 2 fully saturated rings. The van der Waals surface area contributed by atoms with Gasteiger partial charge in [-0.1, -0.05) is 0 Å². The zero-order valence-corrected chi connectivity index (χ0v) is 9.56. The van der Waals surface area contributed by atoms with Crippen molar-refractivity contribution in [2.24, 2.45) is 5.92 Å². The van der Waals surface area contributed by atoms with Crippen molar-refractivity contribution < 1.29 is 14.7 Å². The zero-order valence-electron chi connectivity index (χ0n) is 9.56. The molecule has 2 amide bonds. The van der Waals surface area contributed by atoms with E-state index in [4.69, 9.17) is 5.11 Å². The second-order valence-corrected chi connectivity index (χ2v) is 4.82. The van der Waals surface area contributed by atoms with E-state index in [2.05, 4.69) is 0 Å². The molecule has 5 nitrogen and oxygen atoms in total. The van der Waals surface area contributed by atoms with Gasteiger partial charge in [-0.15, -0.1) is 0 Å². The number of hydrogen-bond donors (Lipinski definition) is 1. The number of nitrogens with zero attached hydrogens (tertiary/aromatic N) is 2. The van der Waals surface area contributed by atoms with Crippen molar-refractivity contribution in [1.29, 1.82) is 0 Å². The van der Waals surface area contributed by atoms with E-state index in [1.807, 2.05) is 7.05 Å². The molecule has 1 heterocycles. The first-order valence-electron chi connectivity index (χ1n) is 5.81. The summed E-state index contributed by atoms with van der Waals surface area (Å²) in [6, 6.07) is 0.487. The number of carbonyl (C=O) groups is 2. The van der Waals surface area contributed by atoms with Crippen molar-refractivity contribution in [3.8, 4) is 0 Å². The lowest BCUT2D eigenvalue weighted by Crippen LogP contribution is -2.41. The summed E-state index contributed by atoms with van der Waals surface area (Å²) in [7, 11) is 1.84. The lowest BCUT2D eigenvalue weighted by molar-refractivity contribution is -0.138. The molecule has 1 atom stereocenters. The Morgan fingerprint density at radius 2 is 2.06 bits per heavy atom. The minimum Gasteiger partial charge on any atom is -0.481 e. The number of carbonyl (C=O) groups excluding carboxylic acids is 1. The Morgan fingerprint density at radius 3 is 2.62 bits per heavy atom. The van der Waals surface area contributed by atoms with Crippen LogP contribution in [-0.2, 0) is 4.79 Å². The first kappa shape index (κ1) is 11.2. The van der Waals surface area contributed by atoms with Crippen LogP contribution >= 0.6 is 0 Å². The number of carboxylic acid groups (broad SMARTS) is 1. The number of urea groups is 1. The van der Waals surface area contributed by atoms with E-state index in [0.29, 0.717) is 19.1 Å². The number of carboxylic acids is 1. The summed E-state index contributed by atoms with van der Waals surface area (Å²) < 4.78 is 0. The van der Waals surface area contributed by atoms with E-state index in [1.54, 1.807) is 9.80 Å². The van der Waals surface area contributed by atoms with Gasteiger partial charge in [0.1, 0.15) is 0 Å². The van der Waals surface area contributed by atoms with Crippen molar-refractivity contribution in [3.05, 3.63) is 0 Å². The van der Waals surface area contributed by atoms with Crippen molar-refractivity contribution in [1.82, 2.24) is 9.80 Å². The largest absolute Gasteiger partial charge is 0.481 e. The van der Waals surface area contributed by atoms with Gasteiger partial charge in [-0.2, -0.15) is 0 Å². The fourth-order valence-corrected chi connectivity index (χ4v) is 2.26. The van der Waals surface area contributed by atoms with Crippen molar-refractivity contribution >= 4 is 12.0 Å². The normalized spacial score (nSPS) is 24.6. The number of hydrogen-bond acceptors (Lipinski definition) is 2. The van der Waals surface area contributed by atoms with Crippen molar-refractivity contribution in [3.63, 3.8) is 0 Å². The molecule has 1 aliphatic carbocycles. The molecule has 2 aliphatic rings. The summed E-state index contributed by atoms with van der Waals surface area (Å²) in [5, 5.41) is 8.69. The highest BCUT2D eigenvalue weighted by molar-refractivity contribution is 5.75. The molecule has 1 saturated heterocycles. The third-order valence-corrected chi connectivity index (χ3v) is 3.42. The first-order chi connectivity index (χ1) is 7.58. The van der Waals surface area contributed by atoms with Crippen LogP contribution in [0.3, 0.4) is 0 Å². The first-order valence-corrected chi connectivity index (χ1v) is 5.81. The molecule has 5 heteroatoms. The standard InChI is InChI=1S/C11H18N2O3/c1-12(9-2-3-9)11(16)13-5-4-8(7-13)6-10(14)15/h8-9H,2-7H2,1H3,(H,14,15). The Labute approximate surface area is 95.0 Å². The minimum absolute atomic E-state index is 0.0652. The molecule has 0 aromatic rings. The summed E-state index contributed by atoms with van der Waals surface area (Å²) in [4.78, 5) is 26.1. The Morgan fingerprint density at radius 1 is 1.38 bits per heavy atom. The van der Waals surface area contributed by atoms with Crippen LogP contribution in [0.15, 0.2) is 0 Å². The summed E-state index contributed by atoms with van der Waals surface area (Å²) in [6.07, 6.45) is 3.21. The smallest absolute Gasteiger partial charge is 0.319 e. The summed E-state index contributed by atoms with van der Waals surface area (Å²) in [5.74, 6) is -0.635. The SMILES string of the molecule is CN(C(=O)N1CCC(CC(=O)O)C1)C1CC1. The molecular formula is C11H18N2O3. The van der Waals surface area contributed by atoms with Crippen LogP contribution < -0.4 is 0 Å². The molecule has 0 bridgehead atoms. The van der Waals surface area contributed by atoms with Crippen LogP contribution in [0.2, 0.25) is 0 Å². The zero-order chi connectivity index (χ0) is 11.7. The van der Waals surface area contributed by atoms with Crippen LogP contribution in [0.4, 0.5) is 4.79 Å². The highest BCUT2D eigenvalue weighted by atomic mass is 16.4. The van der Waals surface area contributed by atoms with Gasteiger partial charge in [0.25, 0.3) is 0 Å². The average molecular weight is 226 g/mol. The molecule has 1 N–H and O–H groups in total. The van der Waals surface area contributed by atoms with E-state index in [1.165, 1.54) is 0 Å². The molecule has 0 aromatic heterocycles. The molecular weight excluding hydrogens is 208 g/mol. The molecule has 1 saturated carbocycles. The lowest BCUT2D eigenvalue weighted by Gasteiger charge is -2.24. The molecule has 1 unspecified atom stereocenters. The van der Waals surface area contributed by atoms with Gasteiger partial charge in [0.2, 0.25) is 0 Å². The Balaban J connectivity index is 1.82. The van der Waals surface area contributed by atoms with E-state index in [0.717, 1.165) is 19.3 Å². The molecule has 16 heavy (non-hydrogen) atoms. The number of likely N-dealkylation sites (tertiary alicyclic amines) is 1. The summed E-state index contributed by atoms with van der Waals surface area (Å²) in [5.41, 5.74) is 0. The van der Waals surface area contributed by atoms with Crippen LogP contribution in [0.25, 0.3) is 0 Å². The van der Waals surface area contributed by atoms with Crippen LogP contribution in [0.5, 0.6) is 0 Å². The molecule has 1 aliphatic heterocycles. The lowest BCUT2D eigenvalue weighted by atomic mass is 10.1. The van der Waals surface area contributed by atoms with Gasteiger partial charge in [-0.25, -0.2) is 4.79 Å². The topological polar surface area (TPSA) is 60.9 Å². The van der Waals surface area contributed by atoms with Gasteiger partial charge in [-0.3, -0.25) is 4.79 Å². The predicted molar refractivity (Wildman–Crippen MR) is 58.1 cm³/mol. The Hall–Kier alpha value is -1.26. The van der Waals surface area contributed by atoms with Gasteiger partial charge >= 0.3 is 12.0 Å². The third kappa shape index (κ3) is 2.46. The number of rotatable bonds is 3. The van der Waals surface area contributed by atoms with E-state index < -0.39 is 5.97 Å². The number of aliphatic carboxylic acids is 1. The van der Waals surface area contributed by atoms with Gasteiger partial charge in [0.15, 0.2) is 0 Å². The average Bonchev–Trinajstić information content (AvgIpc) is 2.97. The second kappa shape index (κ2) is 4.31. The summed E-state index contributed by atoms with van der Waals surface area (Å²) >= 11 is 0. The fourth-order valence-electron chi connectivity index (χ4n) is 2.26.